The summed E-state index contributed by atoms with van der Waals surface area (Å²) in [5, 5.41) is 7.61. The van der Waals surface area contributed by atoms with Gasteiger partial charge in [-0.2, -0.15) is 5.10 Å². The minimum absolute atomic E-state index is 0.0185. The molecule has 2 aliphatic rings. The van der Waals surface area contributed by atoms with Crippen molar-refractivity contribution in [3.05, 3.63) is 58.9 Å². The smallest absolute Gasteiger partial charge is 0.247 e. The molecule has 0 aromatic carbocycles. The Morgan fingerprint density at radius 1 is 1.10 bits per heavy atom. The molecule has 11 nitrogen and oxygen atoms in total. The maximum absolute atomic E-state index is 14.3. The van der Waals surface area contributed by atoms with E-state index in [1.54, 1.807) is 36.5 Å². The van der Waals surface area contributed by atoms with Gasteiger partial charge in [-0.3, -0.25) is 24.0 Å². The van der Waals surface area contributed by atoms with Gasteiger partial charge >= 0.3 is 0 Å². The van der Waals surface area contributed by atoms with Crippen LogP contribution in [0, 0.1) is 18.2 Å². The molecule has 5 heterocycles. The zero-order valence-corrected chi connectivity index (χ0v) is 23.4. The second kappa shape index (κ2) is 9.51. The fourth-order valence-corrected chi connectivity index (χ4v) is 5.76. The van der Waals surface area contributed by atoms with Crippen LogP contribution in [0.25, 0.3) is 22.2 Å². The number of carbonyl (C=O) groups excluding carboxylic acids is 3. The fourth-order valence-electron chi connectivity index (χ4n) is 5.43. The van der Waals surface area contributed by atoms with Crippen LogP contribution >= 0.6 is 15.9 Å². The summed E-state index contributed by atoms with van der Waals surface area (Å²) in [5.41, 5.74) is 1.78. The van der Waals surface area contributed by atoms with E-state index >= 15 is 0 Å². The van der Waals surface area contributed by atoms with Crippen molar-refractivity contribution < 1.29 is 18.8 Å². The molecule has 2 fully saturated rings. The van der Waals surface area contributed by atoms with Gasteiger partial charge in [-0.1, -0.05) is 6.92 Å². The van der Waals surface area contributed by atoms with Gasteiger partial charge in [0.25, 0.3) is 0 Å². The van der Waals surface area contributed by atoms with Crippen molar-refractivity contribution >= 4 is 50.1 Å². The van der Waals surface area contributed by atoms with Crippen LogP contribution in [0.1, 0.15) is 43.0 Å². The summed E-state index contributed by atoms with van der Waals surface area (Å²) in [6.45, 7) is 5.04. The number of aromatic nitrogens is 6. The van der Waals surface area contributed by atoms with Gasteiger partial charge in [0.05, 0.1) is 29.3 Å². The first-order valence-corrected chi connectivity index (χ1v) is 13.4. The summed E-state index contributed by atoms with van der Waals surface area (Å²) in [7, 11) is 0. The molecule has 1 aliphatic carbocycles. The molecule has 0 bridgehead atoms. The molecule has 3 atom stereocenters. The minimum atomic E-state index is -0.775. The highest BCUT2D eigenvalue weighted by Gasteiger charge is 2.64. The molecule has 0 spiro atoms. The molecule has 1 aliphatic heterocycles. The number of amides is 2. The lowest BCUT2D eigenvalue weighted by atomic mass is 10.0. The van der Waals surface area contributed by atoms with Crippen molar-refractivity contribution in [1.29, 1.82) is 0 Å². The highest BCUT2D eigenvalue weighted by molar-refractivity contribution is 9.10. The number of anilines is 1. The summed E-state index contributed by atoms with van der Waals surface area (Å²) in [6, 6.07) is 2.23. The van der Waals surface area contributed by atoms with Crippen molar-refractivity contribution in [3.63, 3.8) is 0 Å². The number of hydrogen-bond donors (Lipinski definition) is 1. The Morgan fingerprint density at radius 3 is 2.58 bits per heavy atom. The van der Waals surface area contributed by atoms with Crippen LogP contribution in [0.15, 0.2) is 41.5 Å². The quantitative estimate of drug-likeness (QED) is 0.259. The molecule has 1 N–H and O–H groups in total. The summed E-state index contributed by atoms with van der Waals surface area (Å²) in [5.74, 6) is -1.10. The number of nitrogens with one attached hydrogen (secondary N) is 1. The number of Topliss-reactive ketones (excluding diaryl/α,β-unsaturated/α-hetero) is 1. The van der Waals surface area contributed by atoms with Crippen LogP contribution in [-0.4, -0.2) is 64.3 Å². The predicted octanol–water partition coefficient (Wildman–Crippen LogP) is 3.71. The van der Waals surface area contributed by atoms with E-state index in [0.29, 0.717) is 39.0 Å². The normalized spacial score (nSPS) is 21.4. The molecule has 13 heteroatoms. The number of hydrogen-bond acceptors (Lipinski definition) is 8. The Labute approximate surface area is 236 Å². The number of fused-ring (bicyclic) bond motifs is 2. The van der Waals surface area contributed by atoms with Crippen molar-refractivity contribution in [2.24, 2.45) is 5.41 Å². The molecule has 1 unspecified atom stereocenters. The number of ketones is 1. The molecule has 204 valence electrons. The monoisotopic (exact) mass is 606 g/mol. The number of piperidine rings is 1. The topological polar surface area (TPSA) is 136 Å². The van der Waals surface area contributed by atoms with E-state index in [1.807, 2.05) is 6.92 Å². The number of likely N-dealkylation sites (tertiary alicyclic amines) is 1. The third-order valence-corrected chi connectivity index (χ3v) is 8.07. The SMILES string of the molecule is CC(=O)c1nn(CC(=O)N2C3C[C@]3(C)C[C@H]2C(=O)Nc2cc(Br)ncc2F)c2cnc(-c3cnc(C)nc3)cc12. The largest absolute Gasteiger partial charge is 0.325 e. The predicted molar refractivity (Wildman–Crippen MR) is 146 cm³/mol. The van der Waals surface area contributed by atoms with Crippen LogP contribution in [0.4, 0.5) is 10.1 Å². The molecule has 1 saturated heterocycles. The molecule has 6 rings (SSSR count). The average molecular weight is 607 g/mol. The molecule has 4 aromatic heterocycles. The molecule has 1 saturated carbocycles. The lowest BCUT2D eigenvalue weighted by molar-refractivity contribution is -0.138. The first kappa shape index (κ1) is 26.1. The lowest BCUT2D eigenvalue weighted by Crippen LogP contribution is -2.46. The number of aryl methyl sites for hydroxylation is 1. The number of halogens is 2. The van der Waals surface area contributed by atoms with Gasteiger partial charge in [0.2, 0.25) is 11.8 Å². The van der Waals surface area contributed by atoms with E-state index in [2.05, 4.69) is 46.3 Å². The standard InChI is InChI=1S/C27H24BrFN8O3/c1-13(38)25-16-4-18(15-8-30-14(2)31-9-15)32-11-21(16)36(35-25)12-24(39)37-20(6-27(3)7-22(27)37)26(40)34-19-5-23(28)33-10-17(19)29/h4-5,8-11,20,22H,6-7,12H2,1-3H3,(H,33,34,40)/t20-,22?,27-/m0/s1. The van der Waals surface area contributed by atoms with Crippen molar-refractivity contribution in [2.45, 2.75) is 52.2 Å². The number of carbonyl (C=O) groups is 3. The summed E-state index contributed by atoms with van der Waals surface area (Å²) in [4.78, 5) is 57.7. The number of nitrogens with zero attached hydrogens (tertiary/aromatic N) is 7. The van der Waals surface area contributed by atoms with E-state index in [-0.39, 0.29) is 41.1 Å². The van der Waals surface area contributed by atoms with Gasteiger partial charge < -0.3 is 10.2 Å². The molecule has 40 heavy (non-hydrogen) atoms. The van der Waals surface area contributed by atoms with Crippen molar-refractivity contribution in [2.75, 3.05) is 5.32 Å². The fraction of sp³-hybridized carbons (Fsp3) is 0.333. The van der Waals surface area contributed by atoms with Crippen LogP contribution in [0.3, 0.4) is 0 Å². The number of pyridine rings is 2. The first-order chi connectivity index (χ1) is 19.0. The van der Waals surface area contributed by atoms with E-state index in [4.69, 9.17) is 0 Å². The van der Waals surface area contributed by atoms with E-state index in [9.17, 15) is 18.8 Å². The second-order valence-electron chi connectivity index (χ2n) is 10.5. The van der Waals surface area contributed by atoms with Gasteiger partial charge in [-0.05, 0) is 53.2 Å². The minimum Gasteiger partial charge on any atom is -0.325 e. The molecule has 2 amide bonds. The highest BCUT2D eigenvalue weighted by atomic mass is 79.9. The van der Waals surface area contributed by atoms with Gasteiger partial charge in [-0.15, -0.1) is 0 Å². The summed E-state index contributed by atoms with van der Waals surface area (Å²) in [6.07, 6.45) is 7.12. The van der Waals surface area contributed by atoms with E-state index in [0.717, 1.165) is 12.6 Å². The van der Waals surface area contributed by atoms with Gasteiger partial charge in [-0.25, -0.2) is 19.3 Å². The van der Waals surface area contributed by atoms with Crippen molar-refractivity contribution in [3.8, 4) is 11.3 Å². The zero-order chi connectivity index (χ0) is 28.3. The van der Waals surface area contributed by atoms with Crippen LogP contribution in [0.5, 0.6) is 0 Å². The molecule has 0 radical (unpaired) electrons. The Morgan fingerprint density at radius 2 is 1.85 bits per heavy atom. The maximum atomic E-state index is 14.3. The molecule has 4 aromatic rings. The highest BCUT2D eigenvalue weighted by Crippen LogP contribution is 2.59. The Hall–Kier alpha value is -4.13. The molecular formula is C27H24BrFN8O3. The Bertz CT molecular complexity index is 1710. The van der Waals surface area contributed by atoms with Crippen LogP contribution in [0.2, 0.25) is 0 Å². The number of rotatable bonds is 6. The molecular weight excluding hydrogens is 583 g/mol. The van der Waals surface area contributed by atoms with Gasteiger partial charge in [0.15, 0.2) is 11.6 Å². The van der Waals surface area contributed by atoms with Gasteiger partial charge in [0, 0.05) is 36.3 Å². The Balaban J connectivity index is 1.29. The summed E-state index contributed by atoms with van der Waals surface area (Å²) < 4.78 is 16.1. The van der Waals surface area contributed by atoms with E-state index < -0.39 is 17.8 Å². The third kappa shape index (κ3) is 4.53. The zero-order valence-electron chi connectivity index (χ0n) is 21.9. The summed E-state index contributed by atoms with van der Waals surface area (Å²) >= 11 is 3.18. The first-order valence-electron chi connectivity index (χ1n) is 12.6. The lowest BCUT2D eigenvalue weighted by Gasteiger charge is -2.27. The van der Waals surface area contributed by atoms with Crippen molar-refractivity contribution in [1.82, 2.24) is 34.6 Å². The van der Waals surface area contributed by atoms with E-state index in [1.165, 1.54) is 17.7 Å². The Kier molecular flexibility index (Phi) is 6.21. The average Bonchev–Trinajstić information content (AvgIpc) is 3.28. The third-order valence-electron chi connectivity index (χ3n) is 7.64. The maximum Gasteiger partial charge on any atom is 0.247 e. The van der Waals surface area contributed by atoms with Crippen LogP contribution in [-0.2, 0) is 16.1 Å². The van der Waals surface area contributed by atoms with Crippen LogP contribution < -0.4 is 5.32 Å². The van der Waals surface area contributed by atoms with Gasteiger partial charge in [0.1, 0.15) is 28.7 Å². The second-order valence-corrected chi connectivity index (χ2v) is 11.4.